The predicted octanol–water partition coefficient (Wildman–Crippen LogP) is 6.80. The number of benzene rings is 2. The molecule has 152 valence electrons. The summed E-state index contributed by atoms with van der Waals surface area (Å²) in [7, 11) is 0. The lowest BCUT2D eigenvalue weighted by atomic mass is 10.1. The number of pyridine rings is 1. The zero-order valence-electron chi connectivity index (χ0n) is 16.1. The van der Waals surface area contributed by atoms with Gasteiger partial charge in [-0.25, -0.2) is 4.98 Å². The largest absolute Gasteiger partial charge is 0.424 e. The number of ether oxygens (including phenoxy) is 1. The van der Waals surface area contributed by atoms with Gasteiger partial charge in [0.15, 0.2) is 5.75 Å². The number of hydrogen-bond donors (Lipinski definition) is 0. The van der Waals surface area contributed by atoms with E-state index in [1.807, 2.05) is 12.1 Å². The van der Waals surface area contributed by atoms with Gasteiger partial charge in [0.2, 0.25) is 0 Å². The van der Waals surface area contributed by atoms with Crippen LogP contribution < -0.4 is 4.74 Å². The summed E-state index contributed by atoms with van der Waals surface area (Å²) in [4.78, 5) is 16.7. The number of carbonyl (C=O) groups excluding carboxylic acids is 1. The van der Waals surface area contributed by atoms with Gasteiger partial charge < -0.3 is 4.74 Å². The van der Waals surface area contributed by atoms with E-state index in [-0.39, 0.29) is 5.97 Å². The number of nitrogens with zero attached hydrogens (tertiary/aromatic N) is 1. The Morgan fingerprint density at radius 3 is 2.41 bits per heavy atom. The first kappa shape index (κ1) is 20.8. The van der Waals surface area contributed by atoms with Gasteiger partial charge in [-0.15, -0.1) is 0 Å². The van der Waals surface area contributed by atoms with E-state index in [1.54, 1.807) is 18.2 Å². The maximum atomic E-state index is 12.8. The molecule has 3 nitrogen and oxygen atoms in total. The molecular weight excluding hydrogens is 379 g/mol. The quantitative estimate of drug-likeness (QED) is 0.248. The normalized spacial score (nSPS) is 11.6. The lowest BCUT2D eigenvalue weighted by Gasteiger charge is -2.10. The molecule has 1 aromatic heterocycles. The minimum absolute atomic E-state index is 0.310. The molecule has 3 rings (SSSR count). The third kappa shape index (κ3) is 5.34. The zero-order chi connectivity index (χ0) is 20.9. The van der Waals surface area contributed by atoms with Crippen molar-refractivity contribution in [2.75, 3.05) is 0 Å². The minimum atomic E-state index is -4.38. The SMILES string of the molecule is CCCCCCC(=O)Oc1cccc2ccc(-c3ccc(C(F)(F)F)cc3)nc12. The number of para-hydroxylation sites is 1. The van der Waals surface area contributed by atoms with Crippen molar-refractivity contribution in [2.24, 2.45) is 0 Å². The fourth-order valence-corrected chi connectivity index (χ4v) is 3.06. The van der Waals surface area contributed by atoms with Crippen LogP contribution in [-0.4, -0.2) is 11.0 Å². The highest BCUT2D eigenvalue weighted by atomic mass is 19.4. The highest BCUT2D eigenvalue weighted by Gasteiger charge is 2.30. The first-order chi connectivity index (χ1) is 13.9. The molecule has 0 N–H and O–H groups in total. The topological polar surface area (TPSA) is 39.2 Å². The van der Waals surface area contributed by atoms with Gasteiger partial charge in [0.1, 0.15) is 5.52 Å². The lowest BCUT2D eigenvalue weighted by molar-refractivity contribution is -0.137. The summed E-state index contributed by atoms with van der Waals surface area (Å²) in [5, 5.41) is 0.789. The number of aromatic nitrogens is 1. The van der Waals surface area contributed by atoms with E-state index in [0.29, 0.717) is 28.9 Å². The summed E-state index contributed by atoms with van der Waals surface area (Å²) >= 11 is 0. The molecule has 6 heteroatoms. The van der Waals surface area contributed by atoms with Crippen molar-refractivity contribution in [3.05, 3.63) is 60.2 Å². The van der Waals surface area contributed by atoms with Crippen molar-refractivity contribution in [2.45, 2.75) is 45.2 Å². The van der Waals surface area contributed by atoms with Crippen molar-refractivity contribution in [1.29, 1.82) is 0 Å². The third-order valence-electron chi connectivity index (χ3n) is 4.65. The first-order valence-electron chi connectivity index (χ1n) is 9.66. The zero-order valence-corrected chi connectivity index (χ0v) is 16.1. The molecule has 0 amide bonds. The van der Waals surface area contributed by atoms with Gasteiger partial charge in [0, 0.05) is 17.4 Å². The average molecular weight is 401 g/mol. The number of fused-ring (bicyclic) bond motifs is 1. The molecule has 29 heavy (non-hydrogen) atoms. The van der Waals surface area contributed by atoms with E-state index in [2.05, 4.69) is 11.9 Å². The molecule has 3 aromatic rings. The number of carbonyl (C=O) groups is 1. The Balaban J connectivity index is 1.83. The van der Waals surface area contributed by atoms with Crippen LogP contribution in [0.3, 0.4) is 0 Å². The maximum Gasteiger partial charge on any atom is 0.416 e. The summed E-state index contributed by atoms with van der Waals surface area (Å²) in [5.74, 6) is 0.0482. The summed E-state index contributed by atoms with van der Waals surface area (Å²) in [5.41, 5.74) is 0.866. The van der Waals surface area contributed by atoms with Gasteiger partial charge in [-0.2, -0.15) is 13.2 Å². The van der Waals surface area contributed by atoms with E-state index in [0.717, 1.165) is 43.2 Å². The Morgan fingerprint density at radius 2 is 1.72 bits per heavy atom. The van der Waals surface area contributed by atoms with Crippen molar-refractivity contribution in [3.8, 4) is 17.0 Å². The Labute approximate surface area is 167 Å². The number of unbranched alkanes of at least 4 members (excludes halogenated alkanes) is 3. The lowest BCUT2D eigenvalue weighted by Crippen LogP contribution is -2.08. The van der Waals surface area contributed by atoms with Gasteiger partial charge >= 0.3 is 12.1 Å². The van der Waals surface area contributed by atoms with E-state index in [4.69, 9.17) is 4.74 Å². The molecule has 0 bridgehead atoms. The molecule has 0 spiro atoms. The first-order valence-corrected chi connectivity index (χ1v) is 9.66. The molecule has 0 aliphatic rings. The molecular formula is C23H22F3NO2. The molecule has 0 aliphatic carbocycles. The van der Waals surface area contributed by atoms with E-state index < -0.39 is 11.7 Å². The van der Waals surface area contributed by atoms with Crippen LogP contribution in [0.15, 0.2) is 54.6 Å². The Hall–Kier alpha value is -2.89. The second-order valence-corrected chi connectivity index (χ2v) is 6.88. The van der Waals surface area contributed by atoms with Gasteiger partial charge in [0.05, 0.1) is 11.3 Å². The van der Waals surface area contributed by atoms with Crippen molar-refractivity contribution >= 4 is 16.9 Å². The van der Waals surface area contributed by atoms with Crippen LogP contribution in [0.5, 0.6) is 5.75 Å². The standard InChI is InChI=1S/C23H22F3NO2/c1-2-3-4-5-9-21(28)29-20-8-6-7-17-12-15-19(27-22(17)20)16-10-13-18(14-11-16)23(24,25)26/h6-8,10-15H,2-5,9H2,1H3. The van der Waals surface area contributed by atoms with Gasteiger partial charge in [-0.3, -0.25) is 4.79 Å². The van der Waals surface area contributed by atoms with Crippen LogP contribution in [0.1, 0.15) is 44.6 Å². The molecule has 0 fully saturated rings. The Morgan fingerprint density at radius 1 is 0.966 bits per heavy atom. The van der Waals surface area contributed by atoms with Gasteiger partial charge in [-0.1, -0.05) is 56.5 Å². The molecule has 2 aromatic carbocycles. The van der Waals surface area contributed by atoms with Crippen molar-refractivity contribution in [3.63, 3.8) is 0 Å². The molecule has 0 saturated heterocycles. The molecule has 0 saturated carbocycles. The van der Waals surface area contributed by atoms with E-state index in [1.165, 1.54) is 12.1 Å². The Kier molecular flexibility index (Phi) is 6.52. The number of esters is 1. The second-order valence-electron chi connectivity index (χ2n) is 6.88. The summed E-state index contributed by atoms with van der Waals surface area (Å²) in [6.45, 7) is 2.11. The summed E-state index contributed by atoms with van der Waals surface area (Å²) in [6.07, 6.45) is -0.101. The van der Waals surface area contributed by atoms with Crippen LogP contribution in [0.25, 0.3) is 22.2 Å². The van der Waals surface area contributed by atoms with Crippen molar-refractivity contribution < 1.29 is 22.7 Å². The number of hydrogen-bond acceptors (Lipinski definition) is 3. The summed E-state index contributed by atoms with van der Waals surface area (Å²) in [6, 6.07) is 13.7. The van der Waals surface area contributed by atoms with Crippen LogP contribution >= 0.6 is 0 Å². The number of halogens is 3. The monoisotopic (exact) mass is 401 g/mol. The molecule has 0 atom stereocenters. The smallest absolute Gasteiger partial charge is 0.416 e. The highest BCUT2D eigenvalue weighted by molar-refractivity contribution is 5.89. The number of alkyl halides is 3. The van der Waals surface area contributed by atoms with Crippen LogP contribution in [0.2, 0.25) is 0 Å². The van der Waals surface area contributed by atoms with Crippen LogP contribution in [0.4, 0.5) is 13.2 Å². The fourth-order valence-electron chi connectivity index (χ4n) is 3.06. The highest BCUT2D eigenvalue weighted by Crippen LogP contribution is 2.32. The third-order valence-corrected chi connectivity index (χ3v) is 4.65. The van der Waals surface area contributed by atoms with Gasteiger partial charge in [0.25, 0.3) is 0 Å². The number of rotatable bonds is 7. The van der Waals surface area contributed by atoms with E-state index >= 15 is 0 Å². The van der Waals surface area contributed by atoms with Crippen molar-refractivity contribution in [1.82, 2.24) is 4.98 Å². The van der Waals surface area contributed by atoms with Crippen LogP contribution in [0, 0.1) is 0 Å². The fraction of sp³-hybridized carbons (Fsp3) is 0.304. The Bertz CT molecular complexity index is 982. The second kappa shape index (κ2) is 9.07. The summed E-state index contributed by atoms with van der Waals surface area (Å²) < 4.78 is 43.8. The molecule has 0 unspecified atom stereocenters. The van der Waals surface area contributed by atoms with Crippen LogP contribution in [-0.2, 0) is 11.0 Å². The van der Waals surface area contributed by atoms with Gasteiger partial charge in [-0.05, 0) is 30.7 Å². The maximum absolute atomic E-state index is 12.8. The molecule has 1 heterocycles. The van der Waals surface area contributed by atoms with E-state index in [9.17, 15) is 18.0 Å². The molecule has 0 aliphatic heterocycles. The predicted molar refractivity (Wildman–Crippen MR) is 107 cm³/mol. The minimum Gasteiger partial charge on any atom is -0.424 e. The average Bonchev–Trinajstić information content (AvgIpc) is 2.71. The molecule has 0 radical (unpaired) electrons.